The van der Waals surface area contributed by atoms with E-state index in [-0.39, 0.29) is 5.82 Å². The molecule has 2 aromatic rings. The fraction of sp³-hybridized carbons (Fsp3) is 0.200. The van der Waals surface area contributed by atoms with E-state index in [0.717, 1.165) is 19.5 Å². The summed E-state index contributed by atoms with van der Waals surface area (Å²) in [6, 6.07) is 0. The van der Waals surface area contributed by atoms with Gasteiger partial charge in [0.15, 0.2) is 17.2 Å². The topological polar surface area (TPSA) is 60.8 Å². The van der Waals surface area contributed by atoms with E-state index in [4.69, 9.17) is 0 Å². The molecule has 0 unspecified atom stereocenters. The predicted molar refractivity (Wildman–Crippen MR) is 54.5 cm³/mol. The molecule has 0 aliphatic rings. The van der Waals surface area contributed by atoms with Crippen LogP contribution in [0.2, 0.25) is 0 Å². The Morgan fingerprint density at radius 2 is 1.60 bits per heavy atom. The highest BCUT2D eigenvalue weighted by Gasteiger charge is 2.40. The average Bonchev–Trinajstić information content (AvgIpc) is 2.37. The summed E-state index contributed by atoms with van der Waals surface area (Å²) in [6.45, 7) is 0. The van der Waals surface area contributed by atoms with Crippen molar-refractivity contribution in [3.8, 4) is 17.5 Å². The number of halogens is 5. The van der Waals surface area contributed by atoms with Gasteiger partial charge in [0.25, 0.3) is 0 Å². The summed E-state index contributed by atoms with van der Waals surface area (Å²) in [5.41, 5.74) is -1.73. The van der Waals surface area contributed by atoms with Gasteiger partial charge in [-0.1, -0.05) is 0 Å². The second kappa shape index (κ2) is 4.94. The summed E-state index contributed by atoms with van der Waals surface area (Å²) < 4.78 is 68.3. The highest BCUT2D eigenvalue weighted by molar-refractivity contribution is 5.45. The summed E-state index contributed by atoms with van der Waals surface area (Å²) in [7, 11) is 0.895. The fourth-order valence-electron chi connectivity index (χ4n) is 1.33. The van der Waals surface area contributed by atoms with Crippen molar-refractivity contribution in [1.29, 1.82) is 0 Å². The lowest BCUT2D eigenvalue weighted by molar-refractivity contribution is -0.142. The number of hydrogen-bond donors (Lipinski definition) is 0. The smallest absolute Gasteiger partial charge is 0.426 e. The van der Waals surface area contributed by atoms with Crippen LogP contribution in [0, 0.1) is 11.8 Å². The lowest BCUT2D eigenvalue weighted by Crippen LogP contribution is -2.14. The summed E-state index contributed by atoms with van der Waals surface area (Å²) in [5.74, 6) is -4.49. The van der Waals surface area contributed by atoms with Gasteiger partial charge in [0, 0.05) is 0 Å². The first kappa shape index (κ1) is 14.0. The Morgan fingerprint density at radius 3 is 2.10 bits per heavy atom. The maximum atomic E-state index is 13.5. The molecule has 0 N–H and O–H groups in total. The largest absolute Gasteiger partial charge is 0.480 e. The van der Waals surface area contributed by atoms with E-state index in [1.54, 1.807) is 0 Å². The van der Waals surface area contributed by atoms with Crippen LogP contribution in [-0.2, 0) is 6.18 Å². The van der Waals surface area contributed by atoms with E-state index in [1.165, 1.54) is 0 Å². The third-order valence-corrected chi connectivity index (χ3v) is 2.13. The molecule has 5 nitrogen and oxygen atoms in total. The van der Waals surface area contributed by atoms with Crippen LogP contribution in [0.4, 0.5) is 22.0 Å². The molecule has 0 spiro atoms. The normalized spacial score (nSPS) is 11.5. The highest BCUT2D eigenvalue weighted by Crippen LogP contribution is 2.37. The molecule has 0 fully saturated rings. The van der Waals surface area contributed by atoms with Crippen LogP contribution in [0.15, 0.2) is 12.4 Å². The van der Waals surface area contributed by atoms with E-state index in [9.17, 15) is 22.0 Å². The molecule has 0 aliphatic heterocycles. The van der Waals surface area contributed by atoms with Crippen LogP contribution < -0.4 is 4.74 Å². The summed E-state index contributed by atoms with van der Waals surface area (Å²) in [4.78, 5) is 13.3. The van der Waals surface area contributed by atoms with E-state index >= 15 is 0 Å². The molecule has 0 radical (unpaired) electrons. The van der Waals surface area contributed by atoms with Crippen molar-refractivity contribution in [3.05, 3.63) is 29.7 Å². The number of aromatic nitrogens is 4. The molecule has 106 valence electrons. The zero-order chi connectivity index (χ0) is 14.9. The molecule has 20 heavy (non-hydrogen) atoms. The van der Waals surface area contributed by atoms with Gasteiger partial charge in [-0.05, 0) is 0 Å². The number of nitrogens with zero attached hydrogens (tertiary/aromatic N) is 4. The Labute approximate surface area is 108 Å². The third kappa shape index (κ3) is 2.63. The van der Waals surface area contributed by atoms with Gasteiger partial charge in [-0.15, -0.1) is 0 Å². The Morgan fingerprint density at radius 1 is 1.00 bits per heavy atom. The minimum atomic E-state index is -5.02. The number of hydrogen-bond acceptors (Lipinski definition) is 5. The minimum absolute atomic E-state index is 0.336. The van der Waals surface area contributed by atoms with Gasteiger partial charge in [-0.3, -0.25) is 0 Å². The molecule has 0 atom stereocenters. The maximum Gasteiger partial charge on any atom is 0.426 e. The fourth-order valence-corrected chi connectivity index (χ4v) is 1.33. The van der Waals surface area contributed by atoms with Gasteiger partial charge in [0.1, 0.15) is 0 Å². The first-order valence-corrected chi connectivity index (χ1v) is 4.99. The number of ether oxygens (including phenoxy) is 1. The Balaban J connectivity index is 2.58. The molecule has 0 bridgehead atoms. The summed E-state index contributed by atoms with van der Waals surface area (Å²) in [6.07, 6.45) is -3.53. The third-order valence-electron chi connectivity index (χ3n) is 2.13. The van der Waals surface area contributed by atoms with Crippen LogP contribution in [-0.4, -0.2) is 27.0 Å². The predicted octanol–water partition coefficient (Wildman–Crippen LogP) is 2.24. The average molecular weight is 292 g/mol. The van der Waals surface area contributed by atoms with Crippen molar-refractivity contribution in [2.75, 3.05) is 7.11 Å². The number of methoxy groups -OCH3 is 1. The Hall–Kier alpha value is -2.39. The second-order valence-electron chi connectivity index (χ2n) is 3.44. The molecule has 0 saturated carbocycles. The summed E-state index contributed by atoms with van der Waals surface area (Å²) >= 11 is 0. The van der Waals surface area contributed by atoms with Gasteiger partial charge >= 0.3 is 6.18 Å². The number of rotatable bonds is 2. The molecule has 2 aromatic heterocycles. The van der Waals surface area contributed by atoms with Crippen molar-refractivity contribution in [1.82, 2.24) is 19.9 Å². The first-order valence-electron chi connectivity index (χ1n) is 4.99. The van der Waals surface area contributed by atoms with Crippen molar-refractivity contribution < 1.29 is 26.7 Å². The lowest BCUT2D eigenvalue weighted by atomic mass is 10.3. The Bertz CT molecular complexity index is 629. The maximum absolute atomic E-state index is 13.5. The van der Waals surface area contributed by atoms with Gasteiger partial charge in [0.2, 0.25) is 17.7 Å². The zero-order valence-electron chi connectivity index (χ0n) is 9.74. The molecule has 0 aromatic carbocycles. The summed E-state index contributed by atoms with van der Waals surface area (Å²) in [5, 5.41) is 0. The van der Waals surface area contributed by atoms with Gasteiger partial charge in [-0.2, -0.15) is 27.5 Å². The van der Waals surface area contributed by atoms with E-state index in [0.29, 0.717) is 0 Å². The van der Waals surface area contributed by atoms with Gasteiger partial charge in [0.05, 0.1) is 19.5 Å². The first-order chi connectivity index (χ1) is 9.32. The van der Waals surface area contributed by atoms with Crippen LogP contribution in [0.3, 0.4) is 0 Å². The van der Waals surface area contributed by atoms with Crippen LogP contribution in [0.1, 0.15) is 5.56 Å². The zero-order valence-corrected chi connectivity index (χ0v) is 9.74. The molecular formula is C10H5F5N4O. The van der Waals surface area contributed by atoms with Crippen molar-refractivity contribution in [3.63, 3.8) is 0 Å². The van der Waals surface area contributed by atoms with E-state index < -0.39 is 35.2 Å². The molecule has 0 saturated heterocycles. The minimum Gasteiger partial charge on any atom is -0.480 e. The monoisotopic (exact) mass is 292 g/mol. The standard InChI is InChI=1S/C10H5F5N4O/c1-20-9-5(10(13,14)15)6(12)18-8(19-9)7-16-2-4(11)3-17-7/h2-3H,1H3. The van der Waals surface area contributed by atoms with E-state index in [2.05, 4.69) is 24.7 Å². The molecule has 2 rings (SSSR count). The van der Waals surface area contributed by atoms with E-state index in [1.807, 2.05) is 0 Å². The van der Waals surface area contributed by atoms with Crippen LogP contribution in [0.5, 0.6) is 5.88 Å². The second-order valence-corrected chi connectivity index (χ2v) is 3.44. The molecule has 2 heterocycles. The van der Waals surface area contributed by atoms with Crippen molar-refractivity contribution in [2.45, 2.75) is 6.18 Å². The molecule has 0 aliphatic carbocycles. The lowest BCUT2D eigenvalue weighted by Gasteiger charge is -2.11. The van der Waals surface area contributed by atoms with Gasteiger partial charge < -0.3 is 4.74 Å². The molecular weight excluding hydrogens is 287 g/mol. The Kier molecular flexibility index (Phi) is 3.47. The van der Waals surface area contributed by atoms with Crippen LogP contribution in [0.25, 0.3) is 11.6 Å². The van der Waals surface area contributed by atoms with Crippen molar-refractivity contribution >= 4 is 0 Å². The quantitative estimate of drug-likeness (QED) is 0.627. The SMILES string of the molecule is COc1nc(-c2ncc(F)cn2)nc(F)c1C(F)(F)F. The molecule has 0 amide bonds. The van der Waals surface area contributed by atoms with Crippen molar-refractivity contribution in [2.24, 2.45) is 0 Å². The van der Waals surface area contributed by atoms with Gasteiger partial charge in [-0.25, -0.2) is 14.4 Å². The highest BCUT2D eigenvalue weighted by atomic mass is 19.4. The number of alkyl halides is 3. The molecule has 10 heteroatoms. The van der Waals surface area contributed by atoms with Crippen LogP contribution >= 0.6 is 0 Å².